The van der Waals surface area contributed by atoms with Crippen molar-refractivity contribution >= 4 is 52.0 Å². The lowest BCUT2D eigenvalue weighted by Gasteiger charge is -2.46. The first-order chi connectivity index (χ1) is 14.8. The molecule has 2 aliphatic rings. The topological polar surface area (TPSA) is 58.2 Å². The third kappa shape index (κ3) is 3.08. The van der Waals surface area contributed by atoms with E-state index in [1.165, 1.54) is 23.5 Å². The predicted octanol–water partition coefficient (Wildman–Crippen LogP) is 5.74. The molecule has 2 N–H and O–H groups in total. The Morgan fingerprint density at radius 1 is 1.10 bits per heavy atom. The van der Waals surface area contributed by atoms with Crippen molar-refractivity contribution in [3.8, 4) is 0 Å². The third-order valence-electron chi connectivity index (χ3n) is 6.23. The van der Waals surface area contributed by atoms with E-state index in [2.05, 4.69) is 10.6 Å². The molecule has 2 aliphatic heterocycles. The minimum absolute atomic E-state index is 0.108. The zero-order valence-corrected chi connectivity index (χ0v) is 18.7. The molecule has 0 bridgehead atoms. The lowest BCUT2D eigenvalue weighted by atomic mass is 9.60. The average molecular weight is 475 g/mol. The number of aryl methyl sites for hydroxylation is 1. The fourth-order valence-corrected chi connectivity index (χ4v) is 6.36. The molecule has 4 nitrogen and oxygen atoms in total. The Morgan fingerprint density at radius 2 is 1.90 bits per heavy atom. The van der Waals surface area contributed by atoms with E-state index in [4.69, 9.17) is 23.2 Å². The number of halogens is 3. The summed E-state index contributed by atoms with van der Waals surface area (Å²) in [6.07, 6.45) is 0.108. The number of thiophene rings is 1. The Bertz CT molecular complexity index is 1240. The van der Waals surface area contributed by atoms with Crippen molar-refractivity contribution in [2.45, 2.75) is 30.7 Å². The molecule has 2 aromatic carbocycles. The van der Waals surface area contributed by atoms with E-state index in [0.29, 0.717) is 21.3 Å². The van der Waals surface area contributed by atoms with Gasteiger partial charge in [0.05, 0.1) is 11.1 Å². The van der Waals surface area contributed by atoms with Crippen molar-refractivity contribution in [1.82, 2.24) is 5.32 Å². The molecule has 8 heteroatoms. The lowest BCUT2D eigenvalue weighted by Crippen LogP contribution is -2.56. The molecule has 0 unspecified atom stereocenters. The van der Waals surface area contributed by atoms with E-state index in [-0.39, 0.29) is 18.2 Å². The van der Waals surface area contributed by atoms with Crippen LogP contribution in [-0.4, -0.2) is 11.8 Å². The molecule has 0 radical (unpaired) electrons. The molecule has 1 spiro atoms. The summed E-state index contributed by atoms with van der Waals surface area (Å²) in [6, 6.07) is 10.7. The number of fused-ring (bicyclic) bond motifs is 2. The maximum absolute atomic E-state index is 14.3. The highest BCUT2D eigenvalue weighted by Gasteiger charge is 2.61. The molecule has 1 fully saturated rings. The molecular formula is C23H17Cl2FN2O2S. The van der Waals surface area contributed by atoms with Gasteiger partial charge in [-0.1, -0.05) is 35.3 Å². The van der Waals surface area contributed by atoms with Crippen LogP contribution in [0.5, 0.6) is 0 Å². The zero-order chi connectivity index (χ0) is 21.9. The molecule has 1 aromatic heterocycles. The first kappa shape index (κ1) is 20.5. The van der Waals surface area contributed by atoms with Crippen LogP contribution in [0.4, 0.5) is 10.1 Å². The monoisotopic (exact) mass is 474 g/mol. The van der Waals surface area contributed by atoms with Gasteiger partial charge in [0, 0.05) is 33.3 Å². The predicted molar refractivity (Wildman–Crippen MR) is 120 cm³/mol. The van der Waals surface area contributed by atoms with Crippen LogP contribution < -0.4 is 10.6 Å². The van der Waals surface area contributed by atoms with Crippen LogP contribution >= 0.6 is 34.5 Å². The fourth-order valence-electron chi connectivity index (χ4n) is 4.92. The molecule has 31 heavy (non-hydrogen) atoms. The molecule has 0 saturated carbocycles. The van der Waals surface area contributed by atoms with E-state index in [1.807, 2.05) is 13.0 Å². The van der Waals surface area contributed by atoms with Crippen molar-refractivity contribution in [2.75, 3.05) is 5.32 Å². The fraction of sp³-hybridized carbons (Fsp3) is 0.217. The molecule has 3 heterocycles. The van der Waals surface area contributed by atoms with Gasteiger partial charge in [-0.15, -0.1) is 11.3 Å². The number of nitrogens with one attached hydrogen (secondary N) is 2. The summed E-state index contributed by atoms with van der Waals surface area (Å²) in [4.78, 5) is 27.5. The molecule has 158 valence electrons. The van der Waals surface area contributed by atoms with Crippen LogP contribution in [0.3, 0.4) is 0 Å². The molecule has 0 aliphatic carbocycles. The van der Waals surface area contributed by atoms with Gasteiger partial charge >= 0.3 is 0 Å². The average Bonchev–Trinajstić information content (AvgIpc) is 3.27. The normalized spacial score (nSPS) is 24.8. The highest BCUT2D eigenvalue weighted by Crippen LogP contribution is 2.58. The van der Waals surface area contributed by atoms with Gasteiger partial charge in [-0.25, -0.2) is 4.39 Å². The maximum Gasteiger partial charge on any atom is 0.238 e. The highest BCUT2D eigenvalue weighted by atomic mass is 35.5. The van der Waals surface area contributed by atoms with E-state index >= 15 is 0 Å². The second kappa shape index (κ2) is 7.33. The summed E-state index contributed by atoms with van der Waals surface area (Å²) >= 11 is 13.8. The van der Waals surface area contributed by atoms with Crippen LogP contribution in [0.1, 0.15) is 39.9 Å². The molecule has 5 rings (SSSR count). The quantitative estimate of drug-likeness (QED) is 0.497. The molecule has 3 atom stereocenters. The van der Waals surface area contributed by atoms with Crippen molar-refractivity contribution in [2.24, 2.45) is 0 Å². The summed E-state index contributed by atoms with van der Waals surface area (Å²) in [6.45, 7) is 1.84. The number of piperidine rings is 1. The Kier molecular flexibility index (Phi) is 4.84. The van der Waals surface area contributed by atoms with Crippen molar-refractivity contribution in [1.29, 1.82) is 0 Å². The van der Waals surface area contributed by atoms with Gasteiger partial charge in [-0.2, -0.15) is 0 Å². The molecule has 3 aromatic rings. The molecule has 1 saturated heterocycles. The number of hydrogen-bond donors (Lipinski definition) is 2. The lowest BCUT2D eigenvalue weighted by molar-refractivity contribution is -0.131. The number of rotatable bonds is 2. The number of carbonyl (C=O) groups is 2. The molecule has 2 amide bonds. The van der Waals surface area contributed by atoms with Gasteiger partial charge in [0.25, 0.3) is 0 Å². The van der Waals surface area contributed by atoms with Gasteiger partial charge in [0.2, 0.25) is 11.8 Å². The van der Waals surface area contributed by atoms with Crippen LogP contribution in [0.2, 0.25) is 10.0 Å². The summed E-state index contributed by atoms with van der Waals surface area (Å²) in [5.41, 5.74) is 1.50. The van der Waals surface area contributed by atoms with Crippen LogP contribution in [0.15, 0.2) is 47.8 Å². The van der Waals surface area contributed by atoms with E-state index in [0.717, 1.165) is 16.0 Å². The minimum atomic E-state index is -1.18. The number of carbonyl (C=O) groups excluding carboxylic acids is 2. The zero-order valence-electron chi connectivity index (χ0n) is 16.3. The first-order valence-electron chi connectivity index (χ1n) is 9.71. The van der Waals surface area contributed by atoms with Gasteiger partial charge in [-0.3, -0.25) is 9.59 Å². The molecular weight excluding hydrogens is 458 g/mol. The minimum Gasteiger partial charge on any atom is -0.348 e. The SMILES string of the molecule is Cc1ccc(F)cc1[C@H]1NC(=O)C[C@@H](c2cc(Cl)cs2)[C@]12C(=O)Nc1cc(Cl)ccc12. The number of hydrogen-bond acceptors (Lipinski definition) is 3. The van der Waals surface area contributed by atoms with E-state index in [1.54, 1.807) is 29.6 Å². The summed E-state index contributed by atoms with van der Waals surface area (Å²) in [5.74, 6) is -1.37. The second-order valence-corrected chi connectivity index (χ2v) is 9.75. The Balaban J connectivity index is 1.83. The van der Waals surface area contributed by atoms with Crippen molar-refractivity contribution < 1.29 is 14.0 Å². The van der Waals surface area contributed by atoms with E-state index in [9.17, 15) is 14.0 Å². The largest absolute Gasteiger partial charge is 0.348 e. The summed E-state index contributed by atoms with van der Waals surface area (Å²) < 4.78 is 14.3. The highest BCUT2D eigenvalue weighted by molar-refractivity contribution is 7.10. The Labute approximate surface area is 192 Å². The number of benzene rings is 2. The second-order valence-electron chi connectivity index (χ2n) is 7.94. The van der Waals surface area contributed by atoms with Crippen molar-refractivity contribution in [3.05, 3.63) is 85.3 Å². The smallest absolute Gasteiger partial charge is 0.238 e. The number of amides is 2. The summed E-state index contributed by atoms with van der Waals surface area (Å²) in [7, 11) is 0. The van der Waals surface area contributed by atoms with Crippen LogP contribution in [0.25, 0.3) is 0 Å². The van der Waals surface area contributed by atoms with Crippen LogP contribution in [0, 0.1) is 12.7 Å². The van der Waals surface area contributed by atoms with Gasteiger partial charge in [0.1, 0.15) is 11.2 Å². The first-order valence-corrected chi connectivity index (χ1v) is 11.3. The van der Waals surface area contributed by atoms with Gasteiger partial charge in [0.15, 0.2) is 0 Å². The number of anilines is 1. The maximum atomic E-state index is 14.3. The Hall–Kier alpha value is -2.41. The standard InChI is InChI=1S/C23H17Cl2FN2O2S/c1-11-2-4-14(26)8-15(11)21-23(16-5-3-12(24)6-18(16)27-22(23)30)17(9-20(29)28-21)19-7-13(25)10-31-19/h2-8,10,17,21H,9H2,1H3,(H,27,30)(H,28,29)/t17-,21+,23-/m0/s1. The van der Waals surface area contributed by atoms with Gasteiger partial charge in [-0.05, 0) is 53.9 Å². The Morgan fingerprint density at radius 3 is 2.65 bits per heavy atom. The summed E-state index contributed by atoms with van der Waals surface area (Å²) in [5, 5.41) is 8.78. The van der Waals surface area contributed by atoms with Gasteiger partial charge < -0.3 is 10.6 Å². The van der Waals surface area contributed by atoms with E-state index < -0.39 is 23.2 Å². The van der Waals surface area contributed by atoms with Crippen LogP contribution in [-0.2, 0) is 15.0 Å². The van der Waals surface area contributed by atoms with Crippen molar-refractivity contribution in [3.63, 3.8) is 0 Å². The third-order valence-corrected chi connectivity index (χ3v) is 7.86.